The van der Waals surface area contributed by atoms with Crippen molar-refractivity contribution in [3.8, 4) is 0 Å². The molecule has 0 bridgehead atoms. The largest absolute Gasteiger partial charge is 0.459 e. The fourth-order valence-electron chi connectivity index (χ4n) is 2.38. The number of carbonyl (C=O) groups excluding carboxylic acids is 2. The van der Waals surface area contributed by atoms with Gasteiger partial charge in [0.05, 0.1) is 12.3 Å². The van der Waals surface area contributed by atoms with Gasteiger partial charge in [-0.1, -0.05) is 5.16 Å². The van der Waals surface area contributed by atoms with E-state index in [2.05, 4.69) is 10.1 Å². The average Bonchev–Trinajstić information content (AvgIpc) is 2.79. The van der Waals surface area contributed by atoms with Crippen molar-refractivity contribution in [1.29, 1.82) is 0 Å². The van der Waals surface area contributed by atoms with Gasteiger partial charge in [-0.2, -0.15) is 0 Å². The molecule has 7 heteroatoms. The number of aryl methyl sites for hydroxylation is 2. The Morgan fingerprint density at radius 3 is 2.43 bits per heavy atom. The second-order valence-corrected chi connectivity index (χ2v) is 5.09. The van der Waals surface area contributed by atoms with E-state index in [1.54, 1.807) is 11.8 Å². The van der Waals surface area contributed by atoms with Crippen LogP contribution < -0.4 is 0 Å². The van der Waals surface area contributed by atoms with E-state index in [0.717, 1.165) is 36.7 Å². The highest BCUT2D eigenvalue weighted by molar-refractivity contribution is 6.32. The number of piperazine rings is 1. The lowest BCUT2D eigenvalue weighted by Crippen LogP contribution is -2.50. The number of ether oxygens (including phenoxy) is 1. The van der Waals surface area contributed by atoms with E-state index in [-0.39, 0.29) is 6.61 Å². The molecule has 116 valence electrons. The molecule has 0 aromatic carbocycles. The third-order valence-electron chi connectivity index (χ3n) is 3.67. The topological polar surface area (TPSA) is 75.9 Å². The van der Waals surface area contributed by atoms with Crippen LogP contribution in [0.4, 0.5) is 0 Å². The summed E-state index contributed by atoms with van der Waals surface area (Å²) in [5.41, 5.74) is 2.00. The van der Waals surface area contributed by atoms with E-state index in [9.17, 15) is 9.59 Å². The second kappa shape index (κ2) is 6.71. The first-order chi connectivity index (χ1) is 10.0. The molecule has 1 fully saturated rings. The molecule has 1 saturated heterocycles. The summed E-state index contributed by atoms with van der Waals surface area (Å²) in [6, 6.07) is 0. The summed E-state index contributed by atoms with van der Waals surface area (Å²) in [4.78, 5) is 27.0. The van der Waals surface area contributed by atoms with Gasteiger partial charge in [0.2, 0.25) is 0 Å². The first kappa shape index (κ1) is 15.5. The number of esters is 1. The number of rotatable bonds is 3. The summed E-state index contributed by atoms with van der Waals surface area (Å²) in [5.74, 6) is -0.483. The van der Waals surface area contributed by atoms with Crippen LogP contribution >= 0.6 is 0 Å². The van der Waals surface area contributed by atoms with E-state index in [0.29, 0.717) is 13.1 Å². The molecule has 7 nitrogen and oxygen atoms in total. The van der Waals surface area contributed by atoms with Crippen LogP contribution in [0.2, 0.25) is 0 Å². The minimum Gasteiger partial charge on any atom is -0.459 e. The van der Waals surface area contributed by atoms with E-state index in [1.807, 2.05) is 13.8 Å². The minimum absolute atomic E-state index is 0.219. The Morgan fingerprint density at radius 1 is 1.24 bits per heavy atom. The third-order valence-corrected chi connectivity index (χ3v) is 3.67. The molecule has 0 radical (unpaired) electrons. The molecule has 1 aliphatic heterocycles. The lowest BCUT2D eigenvalue weighted by molar-refractivity contribution is -0.160. The van der Waals surface area contributed by atoms with Crippen LogP contribution in [0.3, 0.4) is 0 Å². The second-order valence-electron chi connectivity index (χ2n) is 5.09. The number of nitrogens with zero attached hydrogens (tertiary/aromatic N) is 3. The molecule has 0 atom stereocenters. The number of hydrogen-bond donors (Lipinski definition) is 0. The highest BCUT2D eigenvalue weighted by atomic mass is 16.5. The zero-order valence-electron chi connectivity index (χ0n) is 12.7. The predicted octanol–water partition coefficient (Wildman–Crippen LogP) is 0.499. The number of hydrogen-bond acceptors (Lipinski definition) is 6. The third kappa shape index (κ3) is 3.60. The van der Waals surface area contributed by atoms with Crippen molar-refractivity contribution in [1.82, 2.24) is 15.0 Å². The molecule has 1 amide bonds. The van der Waals surface area contributed by atoms with Gasteiger partial charge in [0.25, 0.3) is 0 Å². The Hall–Kier alpha value is -1.89. The van der Waals surface area contributed by atoms with Gasteiger partial charge in [-0.3, -0.25) is 9.69 Å². The van der Waals surface area contributed by atoms with Gasteiger partial charge < -0.3 is 14.2 Å². The number of amides is 1. The zero-order valence-corrected chi connectivity index (χ0v) is 12.7. The van der Waals surface area contributed by atoms with Gasteiger partial charge in [0.15, 0.2) is 0 Å². The van der Waals surface area contributed by atoms with Crippen molar-refractivity contribution in [3.63, 3.8) is 0 Å². The fourth-order valence-corrected chi connectivity index (χ4v) is 2.38. The highest BCUT2D eigenvalue weighted by Crippen LogP contribution is 2.16. The van der Waals surface area contributed by atoms with Gasteiger partial charge in [-0.05, 0) is 20.8 Å². The smallest absolute Gasteiger partial charge is 0.397 e. The van der Waals surface area contributed by atoms with Crippen molar-refractivity contribution < 1.29 is 18.8 Å². The van der Waals surface area contributed by atoms with Crippen molar-refractivity contribution in [3.05, 3.63) is 17.0 Å². The lowest BCUT2D eigenvalue weighted by Gasteiger charge is -2.34. The van der Waals surface area contributed by atoms with E-state index in [1.165, 1.54) is 0 Å². The lowest BCUT2D eigenvalue weighted by atomic mass is 10.2. The first-order valence-corrected chi connectivity index (χ1v) is 7.13. The standard InChI is InChI=1S/C14H21N3O4/c1-4-20-14(19)13(18)17-7-5-16(6-8-17)9-12-10(2)15-21-11(12)3/h4-9H2,1-3H3. The first-order valence-electron chi connectivity index (χ1n) is 7.13. The normalized spacial score (nSPS) is 16.0. The average molecular weight is 295 g/mol. The molecule has 1 aliphatic rings. The monoisotopic (exact) mass is 295 g/mol. The SMILES string of the molecule is CCOC(=O)C(=O)N1CCN(Cc2c(C)noc2C)CC1. The highest BCUT2D eigenvalue weighted by Gasteiger charge is 2.27. The van der Waals surface area contributed by atoms with Crippen LogP contribution in [0, 0.1) is 13.8 Å². The summed E-state index contributed by atoms with van der Waals surface area (Å²) >= 11 is 0. The Balaban J connectivity index is 1.86. The molecule has 2 heterocycles. The van der Waals surface area contributed by atoms with Gasteiger partial charge in [0, 0.05) is 38.3 Å². The molecular formula is C14H21N3O4. The molecule has 1 aromatic rings. The molecule has 0 aliphatic carbocycles. The Bertz CT molecular complexity index is 499. The molecule has 0 saturated carbocycles. The molecule has 1 aromatic heterocycles. The number of carbonyl (C=O) groups is 2. The van der Waals surface area contributed by atoms with Crippen LogP contribution in [-0.2, 0) is 20.9 Å². The Morgan fingerprint density at radius 2 is 1.90 bits per heavy atom. The minimum atomic E-state index is -0.767. The van der Waals surface area contributed by atoms with Crippen molar-refractivity contribution in [2.75, 3.05) is 32.8 Å². The Kier molecular flexibility index (Phi) is 4.95. The van der Waals surface area contributed by atoms with E-state index >= 15 is 0 Å². The molecule has 0 unspecified atom stereocenters. The number of aromatic nitrogens is 1. The molecule has 21 heavy (non-hydrogen) atoms. The maximum atomic E-state index is 11.8. The van der Waals surface area contributed by atoms with Gasteiger partial charge in [0.1, 0.15) is 5.76 Å². The van der Waals surface area contributed by atoms with Gasteiger partial charge in [-0.15, -0.1) is 0 Å². The summed E-state index contributed by atoms with van der Waals surface area (Å²) in [7, 11) is 0. The fraction of sp³-hybridized carbons (Fsp3) is 0.643. The van der Waals surface area contributed by atoms with Crippen molar-refractivity contribution >= 4 is 11.9 Å². The van der Waals surface area contributed by atoms with E-state index < -0.39 is 11.9 Å². The van der Waals surface area contributed by atoms with E-state index in [4.69, 9.17) is 9.26 Å². The maximum Gasteiger partial charge on any atom is 0.397 e. The molecular weight excluding hydrogens is 274 g/mol. The molecule has 0 spiro atoms. The zero-order chi connectivity index (χ0) is 15.4. The van der Waals surface area contributed by atoms with Crippen molar-refractivity contribution in [2.45, 2.75) is 27.3 Å². The summed E-state index contributed by atoms with van der Waals surface area (Å²) in [6.07, 6.45) is 0. The van der Waals surface area contributed by atoms with Crippen LogP contribution in [0.25, 0.3) is 0 Å². The summed E-state index contributed by atoms with van der Waals surface area (Å²) in [6.45, 7) is 8.97. The van der Waals surface area contributed by atoms with Crippen molar-refractivity contribution in [2.24, 2.45) is 0 Å². The maximum absolute atomic E-state index is 11.8. The Labute approximate surface area is 123 Å². The van der Waals surface area contributed by atoms with Crippen LogP contribution in [-0.4, -0.2) is 59.6 Å². The van der Waals surface area contributed by atoms with Crippen LogP contribution in [0.5, 0.6) is 0 Å². The summed E-state index contributed by atoms with van der Waals surface area (Å²) in [5, 5.41) is 3.94. The van der Waals surface area contributed by atoms with Crippen LogP contribution in [0.15, 0.2) is 4.52 Å². The quantitative estimate of drug-likeness (QED) is 0.597. The van der Waals surface area contributed by atoms with Gasteiger partial charge in [-0.25, -0.2) is 4.79 Å². The van der Waals surface area contributed by atoms with Crippen LogP contribution in [0.1, 0.15) is 23.9 Å². The van der Waals surface area contributed by atoms with Gasteiger partial charge >= 0.3 is 11.9 Å². The summed E-state index contributed by atoms with van der Waals surface area (Å²) < 4.78 is 9.89. The molecule has 0 N–H and O–H groups in total. The predicted molar refractivity (Wildman–Crippen MR) is 74.5 cm³/mol. The molecule has 2 rings (SSSR count).